The maximum atomic E-state index is 11.1. The molecule has 110 valence electrons. The second-order valence-electron chi connectivity index (χ2n) is 5.14. The Morgan fingerprint density at radius 1 is 1.40 bits per heavy atom. The second-order valence-corrected chi connectivity index (χ2v) is 5.92. The van der Waals surface area contributed by atoms with Crippen LogP contribution in [0.4, 0.5) is 0 Å². The third-order valence-electron chi connectivity index (χ3n) is 3.40. The van der Waals surface area contributed by atoms with E-state index < -0.39 is 0 Å². The third kappa shape index (κ3) is 4.65. The Kier molecular flexibility index (Phi) is 5.70. The molecule has 2 rings (SSSR count). The van der Waals surface area contributed by atoms with Crippen LogP contribution in [0.5, 0.6) is 0 Å². The van der Waals surface area contributed by atoms with Gasteiger partial charge in [0.2, 0.25) is 0 Å². The molecule has 5 heteroatoms. The van der Waals surface area contributed by atoms with Crippen molar-refractivity contribution in [1.29, 1.82) is 0 Å². The monoisotopic (exact) mass is 315 g/mol. The molecule has 1 aromatic carbocycles. The summed E-state index contributed by atoms with van der Waals surface area (Å²) in [6, 6.07) is 4.58. The number of carbonyl (C=O) groups is 1. The molecule has 0 saturated heterocycles. The van der Waals surface area contributed by atoms with Crippen molar-refractivity contribution < 1.29 is 9.53 Å². The van der Waals surface area contributed by atoms with Crippen LogP contribution in [0.25, 0.3) is 0 Å². The summed E-state index contributed by atoms with van der Waals surface area (Å²) in [5, 5.41) is 4.63. The van der Waals surface area contributed by atoms with Gasteiger partial charge in [-0.25, -0.2) is 0 Å². The second kappa shape index (κ2) is 7.30. The van der Waals surface area contributed by atoms with Crippen molar-refractivity contribution in [2.75, 3.05) is 7.11 Å². The molecule has 0 radical (unpaired) electrons. The lowest BCUT2D eigenvalue weighted by molar-refractivity contribution is -0.140. The van der Waals surface area contributed by atoms with E-state index >= 15 is 0 Å². The number of aryl methyl sites for hydroxylation is 1. The van der Waals surface area contributed by atoms with Gasteiger partial charge in [0.1, 0.15) is 0 Å². The molecular formula is C15H19Cl2NO2. The van der Waals surface area contributed by atoms with E-state index in [1.165, 1.54) is 20.0 Å². The van der Waals surface area contributed by atoms with E-state index in [4.69, 9.17) is 23.2 Å². The summed E-state index contributed by atoms with van der Waals surface area (Å²) < 4.78 is 4.63. The molecule has 20 heavy (non-hydrogen) atoms. The van der Waals surface area contributed by atoms with Gasteiger partial charge in [0.25, 0.3) is 0 Å². The van der Waals surface area contributed by atoms with Crippen molar-refractivity contribution in [1.82, 2.24) is 5.32 Å². The maximum Gasteiger partial charge on any atom is 0.305 e. The molecule has 0 amide bonds. The topological polar surface area (TPSA) is 38.3 Å². The molecule has 1 aromatic rings. The molecule has 1 N–H and O–H groups in total. The summed E-state index contributed by atoms with van der Waals surface area (Å²) in [4.78, 5) is 11.1. The van der Waals surface area contributed by atoms with Crippen LogP contribution in [-0.4, -0.2) is 19.1 Å². The SMILES string of the molecule is COC(=O)CCCc1cc(Cl)c(Cl)c(CNC2CC2)c1. The molecule has 0 aromatic heterocycles. The highest BCUT2D eigenvalue weighted by Gasteiger charge is 2.20. The number of hydrogen-bond acceptors (Lipinski definition) is 3. The molecular weight excluding hydrogens is 297 g/mol. The number of ether oxygens (including phenoxy) is 1. The Bertz CT molecular complexity index is 487. The first kappa shape index (κ1) is 15.6. The van der Waals surface area contributed by atoms with Gasteiger partial charge < -0.3 is 10.1 Å². The van der Waals surface area contributed by atoms with Gasteiger partial charge in [-0.2, -0.15) is 0 Å². The van der Waals surface area contributed by atoms with Crippen molar-refractivity contribution in [3.63, 3.8) is 0 Å². The molecule has 0 bridgehead atoms. The summed E-state index contributed by atoms with van der Waals surface area (Å²) in [6.07, 6.45) is 4.45. The minimum atomic E-state index is -0.180. The van der Waals surface area contributed by atoms with Gasteiger partial charge in [-0.15, -0.1) is 0 Å². The summed E-state index contributed by atoms with van der Waals surface area (Å²) in [6.45, 7) is 0.744. The lowest BCUT2D eigenvalue weighted by Gasteiger charge is -2.10. The summed E-state index contributed by atoms with van der Waals surface area (Å²) in [5.41, 5.74) is 2.13. The first-order chi connectivity index (χ1) is 9.60. The number of hydrogen-bond donors (Lipinski definition) is 1. The molecule has 1 saturated carbocycles. The average molecular weight is 316 g/mol. The van der Waals surface area contributed by atoms with Crippen molar-refractivity contribution >= 4 is 29.2 Å². The van der Waals surface area contributed by atoms with Crippen LogP contribution in [0.3, 0.4) is 0 Å². The first-order valence-electron chi connectivity index (χ1n) is 6.87. The number of halogens is 2. The lowest BCUT2D eigenvalue weighted by atomic mass is 10.0. The van der Waals surface area contributed by atoms with E-state index in [0.717, 1.165) is 30.5 Å². The molecule has 3 nitrogen and oxygen atoms in total. The number of carbonyl (C=O) groups excluding carboxylic acids is 1. The predicted octanol–water partition coefficient (Wildman–Crippen LogP) is 3.74. The van der Waals surface area contributed by atoms with Crippen molar-refractivity contribution in [3.8, 4) is 0 Å². The Labute approximate surface area is 129 Å². The first-order valence-corrected chi connectivity index (χ1v) is 7.62. The minimum absolute atomic E-state index is 0.180. The maximum absolute atomic E-state index is 11.1. The van der Waals surface area contributed by atoms with Gasteiger partial charge in [0.05, 0.1) is 17.2 Å². The third-order valence-corrected chi connectivity index (χ3v) is 4.24. The van der Waals surface area contributed by atoms with Gasteiger partial charge in [-0.3, -0.25) is 4.79 Å². The van der Waals surface area contributed by atoms with Gasteiger partial charge in [-0.1, -0.05) is 29.3 Å². The molecule has 0 aliphatic heterocycles. The van der Waals surface area contributed by atoms with Crippen LogP contribution in [0.15, 0.2) is 12.1 Å². The zero-order chi connectivity index (χ0) is 14.5. The number of benzene rings is 1. The van der Waals surface area contributed by atoms with Gasteiger partial charge in [-0.05, 0) is 42.9 Å². The number of rotatable bonds is 7. The largest absolute Gasteiger partial charge is 0.469 e. The Morgan fingerprint density at radius 2 is 2.15 bits per heavy atom. The number of nitrogens with one attached hydrogen (secondary N) is 1. The summed E-state index contributed by atoms with van der Waals surface area (Å²) >= 11 is 12.4. The zero-order valence-electron chi connectivity index (χ0n) is 11.5. The normalized spacial score (nSPS) is 14.3. The highest BCUT2D eigenvalue weighted by atomic mass is 35.5. The van der Waals surface area contributed by atoms with Crippen LogP contribution < -0.4 is 5.32 Å². The highest BCUT2D eigenvalue weighted by molar-refractivity contribution is 6.42. The van der Waals surface area contributed by atoms with Crippen molar-refractivity contribution in [2.24, 2.45) is 0 Å². The van der Waals surface area contributed by atoms with Crippen molar-refractivity contribution in [3.05, 3.63) is 33.3 Å². The van der Waals surface area contributed by atoms with E-state index in [1.54, 1.807) is 0 Å². The fourth-order valence-corrected chi connectivity index (χ4v) is 2.50. The van der Waals surface area contributed by atoms with E-state index in [2.05, 4.69) is 16.1 Å². The van der Waals surface area contributed by atoms with Gasteiger partial charge >= 0.3 is 5.97 Å². The fourth-order valence-electron chi connectivity index (χ4n) is 2.06. The quantitative estimate of drug-likeness (QED) is 0.779. The Balaban J connectivity index is 1.95. The Morgan fingerprint density at radius 3 is 2.80 bits per heavy atom. The minimum Gasteiger partial charge on any atom is -0.469 e. The lowest BCUT2D eigenvalue weighted by Crippen LogP contribution is -2.15. The number of esters is 1. The van der Waals surface area contributed by atoms with Crippen molar-refractivity contribution in [2.45, 2.75) is 44.7 Å². The van der Waals surface area contributed by atoms with E-state index in [9.17, 15) is 4.79 Å². The number of methoxy groups -OCH3 is 1. The fraction of sp³-hybridized carbons (Fsp3) is 0.533. The molecule has 1 aliphatic carbocycles. The highest BCUT2D eigenvalue weighted by Crippen LogP contribution is 2.29. The van der Waals surface area contributed by atoms with E-state index in [0.29, 0.717) is 22.5 Å². The van der Waals surface area contributed by atoms with E-state index in [1.807, 2.05) is 6.07 Å². The predicted molar refractivity (Wildman–Crippen MR) is 81.3 cm³/mol. The van der Waals surface area contributed by atoms with E-state index in [-0.39, 0.29) is 5.97 Å². The molecule has 0 heterocycles. The van der Waals surface area contributed by atoms with Crippen LogP contribution in [-0.2, 0) is 22.5 Å². The van der Waals surface area contributed by atoms with Gasteiger partial charge in [0.15, 0.2) is 0 Å². The van der Waals surface area contributed by atoms with Crippen LogP contribution >= 0.6 is 23.2 Å². The molecule has 1 fully saturated rings. The molecule has 0 spiro atoms. The standard InChI is InChI=1S/C15H19Cl2NO2/c1-20-14(19)4-2-3-10-7-11(9-18-12-5-6-12)15(17)13(16)8-10/h7-8,12,18H,2-6,9H2,1H3. The summed E-state index contributed by atoms with van der Waals surface area (Å²) in [5.74, 6) is -0.180. The van der Waals surface area contributed by atoms with Crippen LogP contribution in [0.2, 0.25) is 10.0 Å². The molecule has 0 atom stereocenters. The van der Waals surface area contributed by atoms with Gasteiger partial charge in [0, 0.05) is 19.0 Å². The zero-order valence-corrected chi connectivity index (χ0v) is 13.1. The Hall–Kier alpha value is -0.770. The smallest absolute Gasteiger partial charge is 0.305 e. The molecule has 0 unspecified atom stereocenters. The average Bonchev–Trinajstić information content (AvgIpc) is 3.24. The van der Waals surface area contributed by atoms with Crippen LogP contribution in [0, 0.1) is 0 Å². The summed E-state index contributed by atoms with van der Waals surface area (Å²) in [7, 11) is 1.41. The molecule has 1 aliphatic rings. The van der Waals surface area contributed by atoms with Crippen LogP contribution in [0.1, 0.15) is 36.8 Å².